The number of methoxy groups -OCH3 is 1. The van der Waals surface area contributed by atoms with Gasteiger partial charge in [-0.1, -0.05) is 0 Å². The number of hydrogen-bond donors (Lipinski definition) is 2. The zero-order chi connectivity index (χ0) is 15.1. The second-order valence-electron chi connectivity index (χ2n) is 4.66. The molecule has 1 rings (SSSR count). The maximum atomic E-state index is 11.8. The Kier molecular flexibility index (Phi) is 6.23. The van der Waals surface area contributed by atoms with Crippen LogP contribution in [0.2, 0.25) is 0 Å². The van der Waals surface area contributed by atoms with E-state index in [9.17, 15) is 14.4 Å². The molecule has 8 heteroatoms. The van der Waals surface area contributed by atoms with E-state index in [1.807, 2.05) is 0 Å². The summed E-state index contributed by atoms with van der Waals surface area (Å²) >= 11 is 0. The second kappa shape index (κ2) is 7.68. The van der Waals surface area contributed by atoms with Crippen molar-refractivity contribution in [1.29, 1.82) is 0 Å². The molecule has 2 N–H and O–H groups in total. The predicted molar refractivity (Wildman–Crippen MR) is 70.3 cm³/mol. The van der Waals surface area contributed by atoms with Gasteiger partial charge in [0.05, 0.1) is 13.5 Å². The van der Waals surface area contributed by atoms with Crippen molar-refractivity contribution in [2.24, 2.45) is 0 Å². The van der Waals surface area contributed by atoms with Crippen LogP contribution in [-0.4, -0.2) is 78.8 Å². The Labute approximate surface area is 117 Å². The first-order valence-corrected chi connectivity index (χ1v) is 6.51. The van der Waals surface area contributed by atoms with E-state index in [1.165, 1.54) is 14.0 Å². The van der Waals surface area contributed by atoms with Crippen molar-refractivity contribution >= 4 is 18.0 Å². The van der Waals surface area contributed by atoms with Crippen LogP contribution in [-0.2, 0) is 14.3 Å². The third-order valence-corrected chi connectivity index (χ3v) is 3.23. The molecule has 0 aromatic rings. The summed E-state index contributed by atoms with van der Waals surface area (Å²) in [5.74, 6) is -1.31. The molecule has 1 atom stereocenters. The fourth-order valence-electron chi connectivity index (χ4n) is 1.86. The molecule has 0 bridgehead atoms. The van der Waals surface area contributed by atoms with E-state index >= 15 is 0 Å². The highest BCUT2D eigenvalue weighted by Crippen LogP contribution is 2.03. The summed E-state index contributed by atoms with van der Waals surface area (Å²) in [4.78, 5) is 37.1. The monoisotopic (exact) mass is 287 g/mol. The minimum atomic E-state index is -1.06. The van der Waals surface area contributed by atoms with Gasteiger partial charge in [-0.05, 0) is 6.92 Å². The van der Waals surface area contributed by atoms with Gasteiger partial charge in [0, 0.05) is 32.7 Å². The largest absolute Gasteiger partial charge is 0.480 e. The summed E-state index contributed by atoms with van der Waals surface area (Å²) < 4.78 is 4.57. The highest BCUT2D eigenvalue weighted by Gasteiger charge is 2.23. The SMILES string of the molecule is COC(=O)CCN1CCN(C(=O)N[C@H](C)C(=O)O)CC1. The van der Waals surface area contributed by atoms with Gasteiger partial charge in [0.1, 0.15) is 6.04 Å². The van der Waals surface area contributed by atoms with Crippen molar-refractivity contribution in [2.45, 2.75) is 19.4 Å². The smallest absolute Gasteiger partial charge is 0.325 e. The first-order chi connectivity index (χ1) is 9.43. The molecular weight excluding hydrogens is 266 g/mol. The number of piperazine rings is 1. The quantitative estimate of drug-likeness (QED) is 0.652. The summed E-state index contributed by atoms with van der Waals surface area (Å²) in [6, 6.07) is -1.27. The van der Waals surface area contributed by atoms with Crippen LogP contribution in [0.5, 0.6) is 0 Å². The van der Waals surface area contributed by atoms with Gasteiger partial charge in [-0.15, -0.1) is 0 Å². The Hall–Kier alpha value is -1.83. The van der Waals surface area contributed by atoms with Crippen molar-refractivity contribution in [1.82, 2.24) is 15.1 Å². The van der Waals surface area contributed by atoms with Gasteiger partial charge in [-0.2, -0.15) is 0 Å². The summed E-state index contributed by atoms with van der Waals surface area (Å²) in [5.41, 5.74) is 0. The molecule has 0 unspecified atom stereocenters. The summed E-state index contributed by atoms with van der Waals surface area (Å²) in [6.45, 7) is 4.37. The molecule has 2 amide bonds. The molecular formula is C12H21N3O5. The van der Waals surface area contributed by atoms with Gasteiger partial charge in [-0.25, -0.2) is 4.79 Å². The third-order valence-electron chi connectivity index (χ3n) is 3.23. The van der Waals surface area contributed by atoms with Gasteiger partial charge in [0.25, 0.3) is 0 Å². The first kappa shape index (κ1) is 16.2. The molecule has 0 aromatic carbocycles. The lowest BCUT2D eigenvalue weighted by Gasteiger charge is -2.34. The van der Waals surface area contributed by atoms with Crippen LogP contribution in [0.3, 0.4) is 0 Å². The normalized spacial score (nSPS) is 17.4. The molecule has 0 radical (unpaired) electrons. The molecule has 8 nitrogen and oxygen atoms in total. The van der Waals surface area contributed by atoms with Crippen molar-refractivity contribution in [3.8, 4) is 0 Å². The van der Waals surface area contributed by atoms with Gasteiger partial charge in [0.2, 0.25) is 0 Å². The number of hydrogen-bond acceptors (Lipinski definition) is 5. The molecule has 1 aliphatic rings. The Bertz CT molecular complexity index is 366. The number of nitrogens with zero attached hydrogens (tertiary/aromatic N) is 2. The van der Waals surface area contributed by atoms with Gasteiger partial charge in [-0.3, -0.25) is 14.5 Å². The summed E-state index contributed by atoms with van der Waals surface area (Å²) in [7, 11) is 1.36. The minimum absolute atomic E-state index is 0.250. The molecule has 114 valence electrons. The molecule has 0 spiro atoms. The maximum absolute atomic E-state index is 11.8. The van der Waals surface area contributed by atoms with Crippen LogP contribution >= 0.6 is 0 Å². The van der Waals surface area contributed by atoms with E-state index in [4.69, 9.17) is 5.11 Å². The zero-order valence-electron chi connectivity index (χ0n) is 11.8. The number of urea groups is 1. The average Bonchev–Trinajstić information content (AvgIpc) is 2.44. The van der Waals surface area contributed by atoms with E-state index in [0.29, 0.717) is 39.1 Å². The fourth-order valence-corrected chi connectivity index (χ4v) is 1.86. The number of carbonyl (C=O) groups is 3. The number of ether oxygens (including phenoxy) is 1. The van der Waals surface area contributed by atoms with Crippen molar-refractivity contribution < 1.29 is 24.2 Å². The Morgan fingerprint density at radius 1 is 1.25 bits per heavy atom. The van der Waals surface area contributed by atoms with E-state index in [-0.39, 0.29) is 12.0 Å². The van der Waals surface area contributed by atoms with E-state index < -0.39 is 12.0 Å². The van der Waals surface area contributed by atoms with Crippen LogP contribution in [0, 0.1) is 0 Å². The number of carbonyl (C=O) groups excluding carboxylic acids is 2. The topological polar surface area (TPSA) is 99.2 Å². The lowest BCUT2D eigenvalue weighted by molar-refractivity contribution is -0.141. The summed E-state index contributed by atoms with van der Waals surface area (Å²) in [6.07, 6.45) is 0.332. The first-order valence-electron chi connectivity index (χ1n) is 6.51. The van der Waals surface area contributed by atoms with Gasteiger partial charge < -0.3 is 20.1 Å². The number of nitrogens with one attached hydrogen (secondary N) is 1. The number of carboxylic acids is 1. The van der Waals surface area contributed by atoms with Crippen LogP contribution in [0.4, 0.5) is 4.79 Å². The Morgan fingerprint density at radius 3 is 2.35 bits per heavy atom. The third kappa shape index (κ3) is 5.04. The predicted octanol–water partition coefficient (Wildman–Crippen LogP) is -0.650. The molecule has 1 saturated heterocycles. The highest BCUT2D eigenvalue weighted by molar-refractivity contribution is 5.82. The molecule has 1 aliphatic heterocycles. The lowest BCUT2D eigenvalue weighted by atomic mass is 10.3. The minimum Gasteiger partial charge on any atom is -0.480 e. The van der Waals surface area contributed by atoms with Gasteiger partial charge >= 0.3 is 18.0 Å². The van der Waals surface area contributed by atoms with Crippen LogP contribution in [0.25, 0.3) is 0 Å². The van der Waals surface area contributed by atoms with Crippen LogP contribution in [0.1, 0.15) is 13.3 Å². The van der Waals surface area contributed by atoms with Crippen molar-refractivity contribution in [3.05, 3.63) is 0 Å². The molecule has 0 aliphatic carbocycles. The molecule has 0 saturated carbocycles. The van der Waals surface area contributed by atoms with Gasteiger partial charge in [0.15, 0.2) is 0 Å². The van der Waals surface area contributed by atoms with Crippen LogP contribution in [0.15, 0.2) is 0 Å². The zero-order valence-corrected chi connectivity index (χ0v) is 11.8. The van der Waals surface area contributed by atoms with E-state index in [0.717, 1.165) is 0 Å². The van der Waals surface area contributed by atoms with Crippen LogP contribution < -0.4 is 5.32 Å². The van der Waals surface area contributed by atoms with E-state index in [2.05, 4.69) is 15.0 Å². The number of aliphatic carboxylic acids is 1. The number of amides is 2. The average molecular weight is 287 g/mol. The van der Waals surface area contributed by atoms with Crippen molar-refractivity contribution in [2.75, 3.05) is 39.8 Å². The van der Waals surface area contributed by atoms with E-state index in [1.54, 1.807) is 4.90 Å². The van der Waals surface area contributed by atoms with Crippen molar-refractivity contribution in [3.63, 3.8) is 0 Å². The summed E-state index contributed by atoms with van der Waals surface area (Å²) in [5, 5.41) is 11.1. The molecule has 20 heavy (non-hydrogen) atoms. The Balaban J connectivity index is 2.29. The molecule has 1 heterocycles. The number of rotatable bonds is 5. The highest BCUT2D eigenvalue weighted by atomic mass is 16.5. The molecule has 1 fully saturated rings. The second-order valence-corrected chi connectivity index (χ2v) is 4.66. The lowest BCUT2D eigenvalue weighted by Crippen LogP contribution is -2.54. The number of carboxylic acid groups (broad SMARTS) is 1. The maximum Gasteiger partial charge on any atom is 0.325 e. The Morgan fingerprint density at radius 2 is 1.85 bits per heavy atom. The fraction of sp³-hybridized carbons (Fsp3) is 0.750. The standard InChI is InChI=1S/C12H21N3O5/c1-9(11(17)18)13-12(19)15-7-5-14(6-8-15)4-3-10(16)20-2/h9H,3-8H2,1-2H3,(H,13,19)(H,17,18)/t9-/m1/s1. The number of esters is 1. The molecule has 0 aromatic heterocycles.